The molecule has 17 heavy (non-hydrogen) atoms. The topological polar surface area (TPSA) is 58.6 Å². The Morgan fingerprint density at radius 1 is 1.29 bits per heavy atom. The molecule has 0 aliphatic carbocycles. The smallest absolute Gasteiger partial charge is 0.211 e. The molecule has 6 heteroatoms. The summed E-state index contributed by atoms with van der Waals surface area (Å²) < 4.78 is 30.6. The predicted molar refractivity (Wildman–Crippen MR) is 68.5 cm³/mol. The van der Waals surface area contributed by atoms with Gasteiger partial charge in [-0.15, -0.1) is 0 Å². The van der Waals surface area contributed by atoms with E-state index in [2.05, 4.69) is 23.5 Å². The van der Waals surface area contributed by atoms with E-state index in [4.69, 9.17) is 4.74 Å². The number of hydrogen-bond donors (Lipinski definition) is 1. The second-order valence-corrected chi connectivity index (χ2v) is 6.76. The molecule has 1 fully saturated rings. The van der Waals surface area contributed by atoms with Crippen LogP contribution in [0, 0.1) is 0 Å². The molecule has 5 nitrogen and oxygen atoms in total. The highest BCUT2D eigenvalue weighted by molar-refractivity contribution is 7.89. The molecular formula is C11H24N2O3S. The minimum atomic E-state index is -3.04. The first-order valence-corrected chi connectivity index (χ1v) is 7.93. The molecule has 1 saturated heterocycles. The number of ether oxygens (including phenoxy) is 1. The van der Waals surface area contributed by atoms with Crippen LogP contribution in [0.5, 0.6) is 0 Å². The van der Waals surface area contributed by atoms with Crippen molar-refractivity contribution in [3.05, 3.63) is 0 Å². The molecular weight excluding hydrogens is 240 g/mol. The van der Waals surface area contributed by atoms with E-state index in [0.29, 0.717) is 6.54 Å². The quantitative estimate of drug-likeness (QED) is 0.707. The minimum absolute atomic E-state index is 0.151. The van der Waals surface area contributed by atoms with Gasteiger partial charge >= 0.3 is 0 Å². The zero-order chi connectivity index (χ0) is 12.9. The summed E-state index contributed by atoms with van der Waals surface area (Å²) in [7, 11) is -3.04. The number of hydrogen-bond acceptors (Lipinski definition) is 4. The number of rotatable bonds is 6. The first-order valence-electron chi connectivity index (χ1n) is 6.28. The Morgan fingerprint density at radius 3 is 2.41 bits per heavy atom. The van der Waals surface area contributed by atoms with Gasteiger partial charge in [0.1, 0.15) is 0 Å². The van der Waals surface area contributed by atoms with Gasteiger partial charge in [-0.3, -0.25) is 4.90 Å². The van der Waals surface area contributed by atoms with E-state index in [9.17, 15) is 8.42 Å². The van der Waals surface area contributed by atoms with Gasteiger partial charge < -0.3 is 4.74 Å². The summed E-state index contributed by atoms with van der Waals surface area (Å²) in [5, 5.41) is 0. The van der Waals surface area contributed by atoms with Crippen LogP contribution in [0.3, 0.4) is 0 Å². The Labute approximate surface area is 105 Å². The molecule has 0 bridgehead atoms. The molecule has 1 heterocycles. The Kier molecular flexibility index (Phi) is 5.85. The van der Waals surface area contributed by atoms with Crippen molar-refractivity contribution in [2.75, 3.05) is 31.9 Å². The summed E-state index contributed by atoms with van der Waals surface area (Å²) in [5.41, 5.74) is 0. The van der Waals surface area contributed by atoms with Crippen molar-refractivity contribution in [1.29, 1.82) is 0 Å². The van der Waals surface area contributed by atoms with Gasteiger partial charge in [-0.2, -0.15) is 0 Å². The predicted octanol–water partition coefficient (Wildman–Crippen LogP) is 0.425. The van der Waals surface area contributed by atoms with Gasteiger partial charge in [-0.25, -0.2) is 13.1 Å². The van der Waals surface area contributed by atoms with E-state index in [-0.39, 0.29) is 18.0 Å². The van der Waals surface area contributed by atoms with Gasteiger partial charge in [0.25, 0.3) is 0 Å². The summed E-state index contributed by atoms with van der Waals surface area (Å²) in [6.45, 7) is 9.11. The second-order valence-electron chi connectivity index (χ2n) is 4.67. The summed E-state index contributed by atoms with van der Waals surface area (Å²) >= 11 is 0. The molecule has 0 unspecified atom stereocenters. The molecule has 1 N–H and O–H groups in total. The Balaban J connectivity index is 2.18. The van der Waals surface area contributed by atoms with Crippen molar-refractivity contribution in [3.63, 3.8) is 0 Å². The van der Waals surface area contributed by atoms with Crippen molar-refractivity contribution in [2.45, 2.75) is 39.4 Å². The zero-order valence-corrected chi connectivity index (χ0v) is 11.8. The molecule has 1 aliphatic heterocycles. The second kappa shape index (κ2) is 6.68. The fourth-order valence-electron chi connectivity index (χ4n) is 2.10. The monoisotopic (exact) mass is 264 g/mol. The maximum atomic E-state index is 11.2. The molecule has 0 aromatic carbocycles. The zero-order valence-electron chi connectivity index (χ0n) is 11.0. The van der Waals surface area contributed by atoms with Gasteiger partial charge in [0, 0.05) is 19.6 Å². The molecule has 0 aromatic heterocycles. The van der Waals surface area contributed by atoms with Gasteiger partial charge in [0.05, 0.1) is 18.0 Å². The van der Waals surface area contributed by atoms with Crippen LogP contribution >= 0.6 is 0 Å². The average molecular weight is 264 g/mol. The SMILES string of the molecule is CCS(=O)(=O)NCCCN1C[C@@H](C)O[C@@H](C)C1. The molecule has 0 aromatic rings. The van der Waals surface area contributed by atoms with Gasteiger partial charge in [-0.05, 0) is 33.7 Å². The van der Waals surface area contributed by atoms with E-state index in [0.717, 1.165) is 26.1 Å². The molecule has 0 radical (unpaired) electrons. The van der Waals surface area contributed by atoms with Crippen molar-refractivity contribution in [1.82, 2.24) is 9.62 Å². The van der Waals surface area contributed by atoms with Gasteiger partial charge in [-0.1, -0.05) is 0 Å². The molecule has 0 saturated carbocycles. The maximum Gasteiger partial charge on any atom is 0.211 e. The van der Waals surface area contributed by atoms with Crippen molar-refractivity contribution in [3.8, 4) is 0 Å². The highest BCUT2D eigenvalue weighted by atomic mass is 32.2. The Morgan fingerprint density at radius 2 is 1.88 bits per heavy atom. The van der Waals surface area contributed by atoms with Crippen LogP contribution in [0.1, 0.15) is 27.2 Å². The molecule has 1 rings (SSSR count). The molecule has 0 amide bonds. The van der Waals surface area contributed by atoms with Gasteiger partial charge in [0.15, 0.2) is 0 Å². The fourth-order valence-corrected chi connectivity index (χ4v) is 2.76. The highest BCUT2D eigenvalue weighted by Gasteiger charge is 2.21. The van der Waals surface area contributed by atoms with E-state index in [1.165, 1.54) is 0 Å². The first kappa shape index (κ1) is 14.9. The summed E-state index contributed by atoms with van der Waals surface area (Å²) in [6, 6.07) is 0. The lowest BCUT2D eigenvalue weighted by Gasteiger charge is -2.35. The van der Waals surface area contributed by atoms with Crippen LogP contribution in [-0.4, -0.2) is 57.5 Å². The molecule has 102 valence electrons. The van der Waals surface area contributed by atoms with E-state index < -0.39 is 10.0 Å². The van der Waals surface area contributed by atoms with Crippen LogP contribution in [-0.2, 0) is 14.8 Å². The van der Waals surface area contributed by atoms with Crippen LogP contribution in [0.4, 0.5) is 0 Å². The molecule has 0 spiro atoms. The van der Waals surface area contributed by atoms with Crippen molar-refractivity contribution >= 4 is 10.0 Å². The van der Waals surface area contributed by atoms with Gasteiger partial charge in [0.2, 0.25) is 10.0 Å². The minimum Gasteiger partial charge on any atom is -0.373 e. The van der Waals surface area contributed by atoms with E-state index >= 15 is 0 Å². The number of sulfonamides is 1. The summed E-state index contributed by atoms with van der Waals surface area (Å²) in [6.07, 6.45) is 1.38. The van der Waals surface area contributed by atoms with Crippen LogP contribution in [0.15, 0.2) is 0 Å². The third-order valence-corrected chi connectivity index (χ3v) is 4.25. The standard InChI is InChI=1S/C11H24N2O3S/c1-4-17(14,15)12-6-5-7-13-8-10(2)16-11(3)9-13/h10-12H,4-9H2,1-3H3/t10-,11+. The normalized spacial score (nSPS) is 27.2. The van der Waals surface area contributed by atoms with E-state index in [1.54, 1.807) is 6.92 Å². The van der Waals surface area contributed by atoms with Crippen LogP contribution in [0.2, 0.25) is 0 Å². The number of nitrogens with zero attached hydrogens (tertiary/aromatic N) is 1. The number of nitrogens with one attached hydrogen (secondary N) is 1. The summed E-state index contributed by atoms with van der Waals surface area (Å²) in [5.74, 6) is 0.151. The fraction of sp³-hybridized carbons (Fsp3) is 1.00. The Bertz CT molecular complexity index is 309. The lowest BCUT2D eigenvalue weighted by molar-refractivity contribution is -0.0679. The first-order chi connectivity index (χ1) is 7.93. The third kappa shape index (κ3) is 5.81. The largest absolute Gasteiger partial charge is 0.373 e. The maximum absolute atomic E-state index is 11.2. The molecule has 1 aliphatic rings. The van der Waals surface area contributed by atoms with Crippen LogP contribution < -0.4 is 4.72 Å². The Hall–Kier alpha value is -0.170. The van der Waals surface area contributed by atoms with E-state index in [1.807, 2.05) is 0 Å². The van der Waals surface area contributed by atoms with Crippen LogP contribution in [0.25, 0.3) is 0 Å². The highest BCUT2D eigenvalue weighted by Crippen LogP contribution is 2.10. The average Bonchev–Trinajstić information content (AvgIpc) is 2.23. The lowest BCUT2D eigenvalue weighted by atomic mass is 10.2. The molecule has 2 atom stereocenters. The summed E-state index contributed by atoms with van der Waals surface area (Å²) in [4.78, 5) is 2.33. The van der Waals surface area contributed by atoms with Crippen molar-refractivity contribution in [2.24, 2.45) is 0 Å². The van der Waals surface area contributed by atoms with Crippen molar-refractivity contribution < 1.29 is 13.2 Å². The lowest BCUT2D eigenvalue weighted by Crippen LogP contribution is -2.46. The number of morpholine rings is 1. The third-order valence-electron chi connectivity index (χ3n) is 2.85.